The lowest BCUT2D eigenvalue weighted by molar-refractivity contribution is 0.292. The predicted molar refractivity (Wildman–Crippen MR) is 103 cm³/mol. The number of aromatic nitrogens is 2. The number of aliphatic imine (C=N–C) groups is 1. The molecule has 24 heavy (non-hydrogen) atoms. The van der Waals surface area contributed by atoms with Gasteiger partial charge in [-0.25, -0.2) is 0 Å². The van der Waals surface area contributed by atoms with E-state index in [9.17, 15) is 0 Å². The number of nitrogens with one attached hydrogen (secondary N) is 2. The highest BCUT2D eigenvalue weighted by atomic mass is 15.3. The number of rotatable bonds is 11. The lowest BCUT2D eigenvalue weighted by atomic mass is 10.2. The Labute approximate surface area is 147 Å². The SMILES string of the molecule is CCN(CC)CCCC(C)NC(=NC)NCCCn1cc(C)cn1. The standard InChI is InChI=1S/C18H36N6/c1-6-23(7-2)12-8-10-17(4)22-18(19-5)20-11-9-13-24-15-16(3)14-21-24/h14-15,17H,6-13H2,1-5H3,(H2,19,20,22). The van der Waals surface area contributed by atoms with Gasteiger partial charge in [0.25, 0.3) is 0 Å². The van der Waals surface area contributed by atoms with Crippen molar-refractivity contribution in [3.63, 3.8) is 0 Å². The molecule has 0 spiro atoms. The molecule has 6 heteroatoms. The normalized spacial score (nSPS) is 13.3. The van der Waals surface area contributed by atoms with Crippen molar-refractivity contribution >= 4 is 5.96 Å². The van der Waals surface area contributed by atoms with E-state index >= 15 is 0 Å². The Hall–Kier alpha value is -1.56. The summed E-state index contributed by atoms with van der Waals surface area (Å²) >= 11 is 0. The van der Waals surface area contributed by atoms with E-state index in [0.717, 1.165) is 45.0 Å². The number of aryl methyl sites for hydroxylation is 2. The zero-order valence-corrected chi connectivity index (χ0v) is 16.2. The zero-order valence-electron chi connectivity index (χ0n) is 16.2. The van der Waals surface area contributed by atoms with Crippen LogP contribution >= 0.6 is 0 Å². The second-order valence-corrected chi connectivity index (χ2v) is 6.35. The van der Waals surface area contributed by atoms with Gasteiger partial charge in [0.1, 0.15) is 0 Å². The molecule has 1 aromatic rings. The van der Waals surface area contributed by atoms with Crippen molar-refractivity contribution in [1.82, 2.24) is 25.3 Å². The van der Waals surface area contributed by atoms with E-state index in [1.165, 1.54) is 18.5 Å². The Morgan fingerprint density at radius 1 is 1.33 bits per heavy atom. The van der Waals surface area contributed by atoms with E-state index in [4.69, 9.17) is 0 Å². The highest BCUT2D eigenvalue weighted by molar-refractivity contribution is 5.79. The maximum Gasteiger partial charge on any atom is 0.191 e. The lowest BCUT2D eigenvalue weighted by Gasteiger charge is -2.21. The second kappa shape index (κ2) is 11.9. The van der Waals surface area contributed by atoms with Crippen molar-refractivity contribution in [2.45, 2.75) is 59.5 Å². The summed E-state index contributed by atoms with van der Waals surface area (Å²) in [5, 5.41) is 11.2. The Morgan fingerprint density at radius 2 is 2.08 bits per heavy atom. The van der Waals surface area contributed by atoms with Crippen molar-refractivity contribution in [3.8, 4) is 0 Å². The third-order valence-corrected chi connectivity index (χ3v) is 4.23. The van der Waals surface area contributed by atoms with Crippen LogP contribution in [-0.4, -0.2) is 59.9 Å². The van der Waals surface area contributed by atoms with Gasteiger partial charge in [-0.2, -0.15) is 5.10 Å². The smallest absolute Gasteiger partial charge is 0.191 e. The summed E-state index contributed by atoms with van der Waals surface area (Å²) in [5.41, 5.74) is 1.21. The molecule has 0 saturated heterocycles. The topological polar surface area (TPSA) is 57.5 Å². The molecule has 0 bridgehead atoms. The quantitative estimate of drug-likeness (QED) is 0.370. The molecule has 1 aromatic heterocycles. The molecule has 1 heterocycles. The molecule has 0 aliphatic rings. The fourth-order valence-corrected chi connectivity index (χ4v) is 2.70. The summed E-state index contributed by atoms with van der Waals surface area (Å²) in [6.07, 6.45) is 7.37. The maximum atomic E-state index is 4.31. The number of hydrogen-bond donors (Lipinski definition) is 2. The monoisotopic (exact) mass is 336 g/mol. The van der Waals surface area contributed by atoms with Crippen LogP contribution in [0.3, 0.4) is 0 Å². The van der Waals surface area contributed by atoms with Crippen LogP contribution in [0.4, 0.5) is 0 Å². The number of nitrogens with zero attached hydrogens (tertiary/aromatic N) is 4. The van der Waals surface area contributed by atoms with Crippen molar-refractivity contribution in [1.29, 1.82) is 0 Å². The number of guanidine groups is 1. The first-order chi connectivity index (χ1) is 11.6. The highest BCUT2D eigenvalue weighted by Gasteiger charge is 2.06. The molecule has 0 amide bonds. The first-order valence-corrected chi connectivity index (χ1v) is 9.27. The fourth-order valence-electron chi connectivity index (χ4n) is 2.70. The van der Waals surface area contributed by atoms with E-state index in [0.29, 0.717) is 6.04 Å². The minimum Gasteiger partial charge on any atom is -0.356 e. The molecular weight excluding hydrogens is 300 g/mol. The maximum absolute atomic E-state index is 4.31. The first kappa shape index (κ1) is 20.5. The summed E-state index contributed by atoms with van der Waals surface area (Å²) in [6.45, 7) is 14.0. The van der Waals surface area contributed by atoms with Crippen molar-refractivity contribution < 1.29 is 0 Å². The molecule has 0 aliphatic carbocycles. The average Bonchev–Trinajstić information content (AvgIpc) is 2.99. The molecular formula is C18H36N6. The fraction of sp³-hybridized carbons (Fsp3) is 0.778. The average molecular weight is 337 g/mol. The van der Waals surface area contributed by atoms with Gasteiger partial charge in [0.2, 0.25) is 0 Å². The molecule has 1 rings (SSSR count). The minimum absolute atomic E-state index is 0.431. The van der Waals surface area contributed by atoms with E-state index < -0.39 is 0 Å². The zero-order chi connectivity index (χ0) is 17.8. The van der Waals surface area contributed by atoms with Gasteiger partial charge < -0.3 is 15.5 Å². The van der Waals surface area contributed by atoms with Crippen LogP contribution in [0.15, 0.2) is 17.4 Å². The van der Waals surface area contributed by atoms with Gasteiger partial charge in [-0.15, -0.1) is 0 Å². The van der Waals surface area contributed by atoms with Crippen LogP contribution in [0.25, 0.3) is 0 Å². The van der Waals surface area contributed by atoms with Gasteiger partial charge in [0.05, 0.1) is 6.20 Å². The highest BCUT2D eigenvalue weighted by Crippen LogP contribution is 2.00. The summed E-state index contributed by atoms with van der Waals surface area (Å²) in [4.78, 5) is 6.78. The Kier molecular flexibility index (Phi) is 10.2. The third-order valence-electron chi connectivity index (χ3n) is 4.23. The third kappa shape index (κ3) is 8.34. The second-order valence-electron chi connectivity index (χ2n) is 6.35. The van der Waals surface area contributed by atoms with Crippen LogP contribution in [0, 0.1) is 6.92 Å². The Morgan fingerprint density at radius 3 is 2.67 bits per heavy atom. The van der Waals surface area contributed by atoms with E-state index in [1.807, 2.05) is 17.9 Å². The molecule has 2 N–H and O–H groups in total. The van der Waals surface area contributed by atoms with Gasteiger partial charge in [-0.1, -0.05) is 13.8 Å². The number of hydrogen-bond acceptors (Lipinski definition) is 3. The van der Waals surface area contributed by atoms with E-state index in [1.54, 1.807) is 0 Å². The van der Waals surface area contributed by atoms with Gasteiger partial charge >= 0.3 is 0 Å². The largest absolute Gasteiger partial charge is 0.356 e. The molecule has 1 atom stereocenters. The molecule has 6 nitrogen and oxygen atoms in total. The van der Waals surface area contributed by atoms with Gasteiger partial charge in [-0.3, -0.25) is 9.67 Å². The van der Waals surface area contributed by atoms with E-state index in [-0.39, 0.29) is 0 Å². The predicted octanol–water partition coefficient (Wildman–Crippen LogP) is 2.26. The first-order valence-electron chi connectivity index (χ1n) is 9.27. The molecule has 0 fully saturated rings. The van der Waals surface area contributed by atoms with Crippen LogP contribution in [-0.2, 0) is 6.54 Å². The minimum atomic E-state index is 0.431. The molecule has 0 aromatic carbocycles. The lowest BCUT2D eigenvalue weighted by Crippen LogP contribution is -2.43. The van der Waals surface area contributed by atoms with Crippen LogP contribution in [0.2, 0.25) is 0 Å². The Bertz CT molecular complexity index is 464. The molecule has 138 valence electrons. The van der Waals surface area contributed by atoms with Gasteiger partial charge in [-0.05, 0) is 58.3 Å². The molecule has 0 radical (unpaired) electrons. The van der Waals surface area contributed by atoms with Crippen molar-refractivity contribution in [2.75, 3.05) is 33.2 Å². The summed E-state index contributed by atoms with van der Waals surface area (Å²) in [5.74, 6) is 0.891. The Balaban J connectivity index is 2.16. The van der Waals surface area contributed by atoms with Gasteiger partial charge in [0.15, 0.2) is 5.96 Å². The molecule has 0 aliphatic heterocycles. The molecule has 1 unspecified atom stereocenters. The van der Waals surface area contributed by atoms with Crippen molar-refractivity contribution in [2.24, 2.45) is 4.99 Å². The van der Waals surface area contributed by atoms with Crippen LogP contribution in [0.1, 0.15) is 45.6 Å². The van der Waals surface area contributed by atoms with Crippen LogP contribution in [0.5, 0.6) is 0 Å². The summed E-state index contributed by atoms with van der Waals surface area (Å²) in [6, 6.07) is 0.431. The van der Waals surface area contributed by atoms with Crippen LogP contribution < -0.4 is 10.6 Å². The van der Waals surface area contributed by atoms with Crippen molar-refractivity contribution in [3.05, 3.63) is 18.0 Å². The van der Waals surface area contributed by atoms with E-state index in [2.05, 4.69) is 59.5 Å². The summed E-state index contributed by atoms with van der Waals surface area (Å²) < 4.78 is 1.99. The summed E-state index contributed by atoms with van der Waals surface area (Å²) in [7, 11) is 1.83. The van der Waals surface area contributed by atoms with Gasteiger partial charge in [0, 0.05) is 32.4 Å². The molecule has 0 saturated carbocycles.